The van der Waals surface area contributed by atoms with Gasteiger partial charge in [-0.3, -0.25) is 9.89 Å². The summed E-state index contributed by atoms with van der Waals surface area (Å²) in [5, 5.41) is 10.3. The van der Waals surface area contributed by atoms with Crippen LogP contribution in [0.5, 0.6) is 0 Å². The summed E-state index contributed by atoms with van der Waals surface area (Å²) in [4.78, 5) is 15.4. The van der Waals surface area contributed by atoms with Gasteiger partial charge in [0, 0.05) is 11.8 Å². The Morgan fingerprint density at radius 2 is 2.47 bits per heavy atom. The molecule has 0 fully saturated rings. The zero-order valence-corrected chi connectivity index (χ0v) is 10.2. The van der Waals surface area contributed by atoms with Gasteiger partial charge in [0.15, 0.2) is 0 Å². The molecule has 0 radical (unpaired) electrons. The van der Waals surface area contributed by atoms with Crippen molar-refractivity contribution < 1.29 is 4.79 Å². The highest BCUT2D eigenvalue weighted by molar-refractivity contribution is 9.09. The van der Waals surface area contributed by atoms with Crippen LogP contribution in [0.3, 0.4) is 0 Å². The fourth-order valence-electron chi connectivity index (χ4n) is 1.19. The van der Waals surface area contributed by atoms with Gasteiger partial charge in [-0.15, -0.1) is 0 Å². The van der Waals surface area contributed by atoms with E-state index in [1.165, 1.54) is 6.33 Å². The lowest BCUT2D eigenvalue weighted by molar-refractivity contribution is -0.121. The van der Waals surface area contributed by atoms with Crippen molar-refractivity contribution in [3.8, 4) is 0 Å². The average Bonchev–Trinajstić information content (AvgIpc) is 2.70. The van der Waals surface area contributed by atoms with Crippen molar-refractivity contribution in [2.75, 3.05) is 5.33 Å². The molecule has 0 saturated carbocycles. The molecule has 1 atom stereocenters. The predicted octanol–water partition coefficient (Wildman–Crippen LogP) is 1.55. The van der Waals surface area contributed by atoms with E-state index in [0.29, 0.717) is 12.2 Å². The van der Waals surface area contributed by atoms with Crippen molar-refractivity contribution in [3.05, 3.63) is 12.2 Å². The van der Waals surface area contributed by atoms with Gasteiger partial charge >= 0.3 is 0 Å². The zero-order valence-electron chi connectivity index (χ0n) is 8.66. The molecule has 0 aromatic carbocycles. The molecule has 15 heavy (non-hydrogen) atoms. The molecule has 0 bridgehead atoms. The molecular weight excluding hydrogens is 260 g/mol. The Labute approximate surface area is 97.2 Å². The second-order valence-electron chi connectivity index (χ2n) is 3.31. The fraction of sp³-hybridized carbons (Fsp3) is 0.667. The summed E-state index contributed by atoms with van der Waals surface area (Å²) in [6.07, 6.45) is 3.91. The molecule has 0 aliphatic rings. The summed E-state index contributed by atoms with van der Waals surface area (Å²) in [5.74, 6) is 0.740. The van der Waals surface area contributed by atoms with Crippen LogP contribution in [0.4, 0.5) is 0 Å². The number of nitrogens with zero attached hydrogens (tertiary/aromatic N) is 2. The van der Waals surface area contributed by atoms with Gasteiger partial charge < -0.3 is 5.32 Å². The number of aromatic nitrogens is 3. The number of alkyl halides is 1. The maximum atomic E-state index is 11.4. The Bertz CT molecular complexity index is 288. The largest absolute Gasteiger partial charge is 0.346 e. The lowest BCUT2D eigenvalue weighted by atomic mass is 10.2. The quantitative estimate of drug-likeness (QED) is 0.611. The number of carbonyl (C=O) groups excluding carboxylic acids is 1. The third-order valence-corrected chi connectivity index (χ3v) is 2.57. The number of nitrogens with one attached hydrogen (secondary N) is 2. The van der Waals surface area contributed by atoms with Crippen molar-refractivity contribution in [1.82, 2.24) is 20.5 Å². The van der Waals surface area contributed by atoms with E-state index >= 15 is 0 Å². The lowest BCUT2D eigenvalue weighted by Gasteiger charge is -2.10. The molecule has 84 valence electrons. The molecule has 6 heteroatoms. The van der Waals surface area contributed by atoms with Crippen LogP contribution in [-0.4, -0.2) is 26.4 Å². The zero-order chi connectivity index (χ0) is 11.1. The second-order valence-corrected chi connectivity index (χ2v) is 4.10. The van der Waals surface area contributed by atoms with Crippen LogP contribution >= 0.6 is 15.9 Å². The van der Waals surface area contributed by atoms with E-state index in [9.17, 15) is 4.79 Å². The maximum absolute atomic E-state index is 11.4. The number of hydrogen-bond acceptors (Lipinski definition) is 3. The first kappa shape index (κ1) is 12.2. The van der Waals surface area contributed by atoms with Crippen LogP contribution in [0, 0.1) is 0 Å². The van der Waals surface area contributed by atoms with Gasteiger partial charge in [0.2, 0.25) is 5.91 Å². The molecule has 0 aliphatic heterocycles. The summed E-state index contributed by atoms with van der Waals surface area (Å²) in [5.41, 5.74) is 0. The minimum absolute atomic E-state index is 0.0554. The molecule has 1 rings (SSSR count). The van der Waals surface area contributed by atoms with E-state index < -0.39 is 0 Å². The summed E-state index contributed by atoms with van der Waals surface area (Å²) in [7, 11) is 0. The van der Waals surface area contributed by atoms with Gasteiger partial charge in [-0.25, -0.2) is 4.98 Å². The van der Waals surface area contributed by atoms with E-state index in [2.05, 4.69) is 36.4 Å². The smallest absolute Gasteiger partial charge is 0.220 e. The maximum Gasteiger partial charge on any atom is 0.220 e. The van der Waals surface area contributed by atoms with Crippen LogP contribution in [0.2, 0.25) is 0 Å². The summed E-state index contributed by atoms with van der Waals surface area (Å²) < 4.78 is 0. The van der Waals surface area contributed by atoms with E-state index in [1.807, 2.05) is 6.92 Å². The Hall–Kier alpha value is -0.910. The first-order valence-electron chi connectivity index (χ1n) is 4.94. The van der Waals surface area contributed by atoms with Gasteiger partial charge in [-0.2, -0.15) is 5.10 Å². The highest BCUT2D eigenvalue weighted by Gasteiger charge is 2.10. The van der Waals surface area contributed by atoms with Gasteiger partial charge in [0.1, 0.15) is 12.2 Å². The van der Waals surface area contributed by atoms with Crippen molar-refractivity contribution in [3.63, 3.8) is 0 Å². The molecular formula is C9H15BrN4O. The molecule has 1 aromatic rings. The monoisotopic (exact) mass is 274 g/mol. The number of hydrogen-bond donors (Lipinski definition) is 2. The fourth-order valence-corrected chi connectivity index (χ4v) is 1.58. The summed E-state index contributed by atoms with van der Waals surface area (Å²) >= 11 is 3.33. The molecule has 1 aromatic heterocycles. The third-order valence-electron chi connectivity index (χ3n) is 2.01. The molecule has 5 nitrogen and oxygen atoms in total. The first-order chi connectivity index (χ1) is 7.24. The van der Waals surface area contributed by atoms with Crippen LogP contribution in [-0.2, 0) is 4.79 Å². The number of carbonyl (C=O) groups is 1. The van der Waals surface area contributed by atoms with Crippen molar-refractivity contribution in [1.29, 1.82) is 0 Å². The first-order valence-corrected chi connectivity index (χ1v) is 6.06. The number of amides is 1. The molecule has 1 amide bonds. The minimum Gasteiger partial charge on any atom is -0.346 e. The predicted molar refractivity (Wildman–Crippen MR) is 60.6 cm³/mol. The van der Waals surface area contributed by atoms with Crippen molar-refractivity contribution >= 4 is 21.8 Å². The van der Waals surface area contributed by atoms with Gasteiger partial charge in [-0.05, 0) is 19.8 Å². The molecule has 0 saturated heterocycles. The van der Waals surface area contributed by atoms with Gasteiger partial charge in [-0.1, -0.05) is 15.9 Å². The van der Waals surface area contributed by atoms with Crippen LogP contribution in [0.15, 0.2) is 6.33 Å². The van der Waals surface area contributed by atoms with E-state index in [4.69, 9.17) is 0 Å². The van der Waals surface area contributed by atoms with Crippen LogP contribution in [0.25, 0.3) is 0 Å². The summed E-state index contributed by atoms with van der Waals surface area (Å²) in [6, 6.07) is -0.107. The molecule has 1 unspecified atom stereocenters. The second kappa shape index (κ2) is 6.55. The van der Waals surface area contributed by atoms with E-state index in [0.717, 1.165) is 18.2 Å². The average molecular weight is 275 g/mol. The lowest BCUT2D eigenvalue weighted by Crippen LogP contribution is -2.27. The number of rotatable bonds is 6. The van der Waals surface area contributed by atoms with Gasteiger partial charge in [0.25, 0.3) is 0 Å². The van der Waals surface area contributed by atoms with Crippen molar-refractivity contribution in [2.45, 2.75) is 32.2 Å². The number of H-pyrrole nitrogens is 1. The topological polar surface area (TPSA) is 70.7 Å². The van der Waals surface area contributed by atoms with E-state index in [-0.39, 0.29) is 11.9 Å². The highest BCUT2D eigenvalue weighted by Crippen LogP contribution is 2.05. The molecule has 0 spiro atoms. The van der Waals surface area contributed by atoms with Crippen LogP contribution in [0.1, 0.15) is 38.1 Å². The van der Waals surface area contributed by atoms with Gasteiger partial charge in [0.05, 0.1) is 6.04 Å². The Balaban J connectivity index is 2.26. The minimum atomic E-state index is -0.107. The molecule has 2 N–H and O–H groups in total. The SMILES string of the molecule is CC(NC(=O)CCCCBr)c1ncn[nH]1. The number of unbranched alkanes of at least 4 members (excludes halogenated alkanes) is 1. The van der Waals surface area contributed by atoms with Crippen LogP contribution < -0.4 is 5.32 Å². The molecule has 1 heterocycles. The Morgan fingerprint density at radius 3 is 3.07 bits per heavy atom. The number of halogens is 1. The highest BCUT2D eigenvalue weighted by atomic mass is 79.9. The van der Waals surface area contributed by atoms with Crippen molar-refractivity contribution in [2.24, 2.45) is 0 Å². The van der Waals surface area contributed by atoms with E-state index in [1.54, 1.807) is 0 Å². The summed E-state index contributed by atoms with van der Waals surface area (Å²) in [6.45, 7) is 1.88. The third kappa shape index (κ3) is 4.42. The standard InChI is InChI=1S/C9H15BrN4O/c1-7(9-11-6-12-14-9)13-8(15)4-2-3-5-10/h6-7H,2-5H2,1H3,(H,13,15)(H,11,12,14). The number of aromatic amines is 1. The molecule has 0 aliphatic carbocycles. The Morgan fingerprint density at radius 1 is 1.67 bits per heavy atom. The Kier molecular flexibility index (Phi) is 5.31. The normalized spacial score (nSPS) is 12.4.